The fourth-order valence-corrected chi connectivity index (χ4v) is 2.34. The smallest absolute Gasteiger partial charge is 0.191 e. The fourth-order valence-electron chi connectivity index (χ4n) is 2.34. The molecule has 136 valence electrons. The zero-order valence-corrected chi connectivity index (χ0v) is 15.4. The number of guanidine groups is 1. The van der Waals surface area contributed by atoms with Gasteiger partial charge in [-0.15, -0.1) is 0 Å². The van der Waals surface area contributed by atoms with Gasteiger partial charge in [0.1, 0.15) is 0 Å². The van der Waals surface area contributed by atoms with Crippen molar-refractivity contribution in [3.05, 3.63) is 53.9 Å². The van der Waals surface area contributed by atoms with Gasteiger partial charge in [0, 0.05) is 26.3 Å². The number of aliphatic imine (C=N–C) groups is 1. The summed E-state index contributed by atoms with van der Waals surface area (Å²) in [5, 5.41) is 10.8. The third-order valence-corrected chi connectivity index (χ3v) is 3.80. The van der Waals surface area contributed by atoms with E-state index in [0.717, 1.165) is 24.7 Å². The van der Waals surface area contributed by atoms with E-state index in [-0.39, 0.29) is 0 Å². The monoisotopic (exact) mass is 343 g/mol. The Morgan fingerprint density at radius 1 is 1.24 bits per heavy atom. The minimum absolute atomic E-state index is 0.393. The molecular weight excluding hydrogens is 314 g/mol. The van der Waals surface area contributed by atoms with Crippen LogP contribution in [-0.4, -0.2) is 35.4 Å². The topological polar surface area (TPSA) is 63.5 Å². The number of benzene rings is 1. The maximum Gasteiger partial charge on any atom is 0.191 e. The Morgan fingerprint density at radius 3 is 2.72 bits per heavy atom. The molecule has 1 aromatic carbocycles. The van der Waals surface area contributed by atoms with Crippen molar-refractivity contribution in [3.63, 3.8) is 0 Å². The van der Waals surface area contributed by atoms with E-state index in [9.17, 15) is 0 Å². The third-order valence-electron chi connectivity index (χ3n) is 3.80. The number of nitrogens with zero attached hydrogens (tertiary/aromatic N) is 3. The van der Waals surface area contributed by atoms with E-state index in [1.54, 1.807) is 6.20 Å². The molecule has 1 aromatic heterocycles. The van der Waals surface area contributed by atoms with Gasteiger partial charge < -0.3 is 15.4 Å². The number of aromatic nitrogens is 2. The zero-order chi connectivity index (χ0) is 17.9. The largest absolute Gasteiger partial charge is 0.376 e. The van der Waals surface area contributed by atoms with Crippen molar-refractivity contribution in [2.75, 3.05) is 19.7 Å². The Hall–Kier alpha value is -2.34. The minimum atomic E-state index is 0.393. The van der Waals surface area contributed by atoms with Crippen LogP contribution in [0, 0.1) is 5.92 Å². The predicted molar refractivity (Wildman–Crippen MR) is 101 cm³/mol. The lowest BCUT2D eigenvalue weighted by Gasteiger charge is -2.16. The van der Waals surface area contributed by atoms with E-state index in [2.05, 4.69) is 46.7 Å². The molecule has 1 heterocycles. The van der Waals surface area contributed by atoms with Gasteiger partial charge in [-0.25, -0.2) is 4.99 Å². The number of nitrogens with one attached hydrogen (secondary N) is 2. The summed E-state index contributed by atoms with van der Waals surface area (Å²) in [4.78, 5) is 4.61. The highest BCUT2D eigenvalue weighted by atomic mass is 16.5. The van der Waals surface area contributed by atoms with Crippen LogP contribution in [0.1, 0.15) is 25.1 Å². The average Bonchev–Trinajstić information content (AvgIpc) is 3.03. The first-order valence-electron chi connectivity index (χ1n) is 8.79. The standard InChI is InChI=1S/C19H29N5O/c1-4-20-19(22-13-18-10-11-23-24(18)3)21-12-16(2)14-25-15-17-8-6-5-7-9-17/h5-11,16H,4,12-15H2,1-3H3,(H2,20,21,22). The van der Waals surface area contributed by atoms with Crippen molar-refractivity contribution in [2.24, 2.45) is 18.0 Å². The molecular formula is C19H29N5O. The SMILES string of the molecule is CCNC(=NCc1ccnn1C)NCC(C)COCc1ccccc1. The second-order valence-electron chi connectivity index (χ2n) is 6.13. The average molecular weight is 343 g/mol. The van der Waals surface area contributed by atoms with E-state index in [0.29, 0.717) is 25.7 Å². The van der Waals surface area contributed by atoms with E-state index in [1.165, 1.54) is 5.56 Å². The Balaban J connectivity index is 1.72. The molecule has 25 heavy (non-hydrogen) atoms. The summed E-state index contributed by atoms with van der Waals surface area (Å²) in [6.07, 6.45) is 1.79. The van der Waals surface area contributed by atoms with Crippen LogP contribution < -0.4 is 10.6 Å². The second-order valence-corrected chi connectivity index (χ2v) is 6.13. The fraction of sp³-hybridized carbons (Fsp3) is 0.474. The maximum absolute atomic E-state index is 5.80. The molecule has 6 heteroatoms. The van der Waals surface area contributed by atoms with Gasteiger partial charge in [-0.2, -0.15) is 5.10 Å². The Kier molecular flexibility index (Phi) is 7.98. The Morgan fingerprint density at radius 2 is 2.04 bits per heavy atom. The highest BCUT2D eigenvalue weighted by Gasteiger charge is 2.05. The quantitative estimate of drug-likeness (QED) is 0.542. The number of hydrogen-bond donors (Lipinski definition) is 2. The van der Waals surface area contributed by atoms with Crippen LogP contribution in [0.25, 0.3) is 0 Å². The normalized spacial score (nSPS) is 12.8. The van der Waals surface area contributed by atoms with Gasteiger partial charge in [0.25, 0.3) is 0 Å². The Labute approximate surface area is 150 Å². The van der Waals surface area contributed by atoms with Crippen LogP contribution in [0.5, 0.6) is 0 Å². The van der Waals surface area contributed by atoms with E-state index < -0.39 is 0 Å². The predicted octanol–water partition coefficient (Wildman–Crippen LogP) is 2.33. The molecule has 1 atom stereocenters. The van der Waals surface area contributed by atoms with Gasteiger partial charge in [0.2, 0.25) is 0 Å². The maximum atomic E-state index is 5.80. The summed E-state index contributed by atoms with van der Waals surface area (Å²) in [7, 11) is 1.93. The number of rotatable bonds is 9. The molecule has 0 fully saturated rings. The molecule has 0 saturated heterocycles. The van der Waals surface area contributed by atoms with Crippen LogP contribution in [0.3, 0.4) is 0 Å². The summed E-state index contributed by atoms with van der Waals surface area (Å²) in [5.41, 5.74) is 2.28. The second kappa shape index (κ2) is 10.5. The van der Waals surface area contributed by atoms with Crippen LogP contribution in [-0.2, 0) is 24.9 Å². The Bertz CT molecular complexity index is 638. The molecule has 0 saturated carbocycles. The summed E-state index contributed by atoms with van der Waals surface area (Å²) in [6, 6.07) is 12.2. The van der Waals surface area contributed by atoms with Crippen molar-refractivity contribution in [1.82, 2.24) is 20.4 Å². The van der Waals surface area contributed by atoms with Gasteiger partial charge in [0.05, 0.1) is 25.5 Å². The molecule has 6 nitrogen and oxygen atoms in total. The lowest BCUT2D eigenvalue weighted by atomic mass is 10.2. The van der Waals surface area contributed by atoms with Crippen molar-refractivity contribution in [3.8, 4) is 0 Å². The van der Waals surface area contributed by atoms with Crippen LogP contribution in [0.15, 0.2) is 47.6 Å². The summed E-state index contributed by atoms with van der Waals surface area (Å²) in [6.45, 7) is 7.84. The zero-order valence-electron chi connectivity index (χ0n) is 15.4. The van der Waals surface area contributed by atoms with Crippen molar-refractivity contribution >= 4 is 5.96 Å². The van der Waals surface area contributed by atoms with Gasteiger partial charge >= 0.3 is 0 Å². The molecule has 2 N–H and O–H groups in total. The summed E-state index contributed by atoms with van der Waals surface area (Å²) in [5.74, 6) is 1.21. The highest BCUT2D eigenvalue weighted by molar-refractivity contribution is 5.79. The molecule has 0 spiro atoms. The first kappa shape index (κ1) is 19.0. The molecule has 0 aliphatic carbocycles. The number of ether oxygens (including phenoxy) is 1. The van der Waals surface area contributed by atoms with Gasteiger partial charge in [-0.05, 0) is 24.5 Å². The van der Waals surface area contributed by atoms with Crippen molar-refractivity contribution in [1.29, 1.82) is 0 Å². The van der Waals surface area contributed by atoms with Gasteiger partial charge in [0.15, 0.2) is 5.96 Å². The van der Waals surface area contributed by atoms with Crippen molar-refractivity contribution in [2.45, 2.75) is 27.0 Å². The lowest BCUT2D eigenvalue weighted by molar-refractivity contribution is 0.0931. The number of hydrogen-bond acceptors (Lipinski definition) is 3. The molecule has 2 rings (SSSR count). The van der Waals surface area contributed by atoms with E-state index in [4.69, 9.17) is 4.74 Å². The molecule has 0 radical (unpaired) electrons. The van der Waals surface area contributed by atoms with Gasteiger partial charge in [-0.1, -0.05) is 37.3 Å². The van der Waals surface area contributed by atoms with E-state index in [1.807, 2.05) is 36.0 Å². The van der Waals surface area contributed by atoms with Crippen molar-refractivity contribution < 1.29 is 4.74 Å². The highest BCUT2D eigenvalue weighted by Crippen LogP contribution is 2.03. The van der Waals surface area contributed by atoms with Gasteiger partial charge in [-0.3, -0.25) is 4.68 Å². The molecule has 0 bridgehead atoms. The lowest BCUT2D eigenvalue weighted by Crippen LogP contribution is -2.40. The molecule has 2 aromatic rings. The third kappa shape index (κ3) is 6.97. The molecule has 0 aliphatic rings. The first-order chi connectivity index (χ1) is 12.2. The molecule has 0 aliphatic heterocycles. The summed E-state index contributed by atoms with van der Waals surface area (Å²) < 4.78 is 7.64. The number of aryl methyl sites for hydroxylation is 1. The van der Waals surface area contributed by atoms with Crippen LogP contribution in [0.2, 0.25) is 0 Å². The van der Waals surface area contributed by atoms with E-state index >= 15 is 0 Å². The first-order valence-corrected chi connectivity index (χ1v) is 8.79. The molecule has 0 amide bonds. The van der Waals surface area contributed by atoms with Crippen LogP contribution in [0.4, 0.5) is 0 Å². The van der Waals surface area contributed by atoms with Crippen LogP contribution >= 0.6 is 0 Å². The molecule has 1 unspecified atom stereocenters. The summed E-state index contributed by atoms with van der Waals surface area (Å²) >= 11 is 0. The minimum Gasteiger partial charge on any atom is -0.376 e.